The van der Waals surface area contributed by atoms with Crippen molar-refractivity contribution in [3.8, 4) is 23.3 Å². The lowest BCUT2D eigenvalue weighted by molar-refractivity contribution is -0.155. The maximum atomic E-state index is 13.8. The summed E-state index contributed by atoms with van der Waals surface area (Å²) in [6.07, 6.45) is -0.172. The summed E-state index contributed by atoms with van der Waals surface area (Å²) in [5.41, 5.74) is 0.219. The summed E-state index contributed by atoms with van der Waals surface area (Å²) < 4.78 is 30.1. The number of hydrogen-bond acceptors (Lipinski definition) is 5. The first-order valence-electron chi connectivity index (χ1n) is 8.27. The fourth-order valence-electron chi connectivity index (χ4n) is 2.00. The number of hydrogen-bond donors (Lipinski definition) is 0. The second-order valence-electron chi connectivity index (χ2n) is 5.75. The van der Waals surface area contributed by atoms with Gasteiger partial charge in [0.1, 0.15) is 11.5 Å². The number of carbonyl (C=O) groups is 1. The van der Waals surface area contributed by atoms with Crippen molar-refractivity contribution in [1.82, 2.24) is 0 Å². The molecule has 0 radical (unpaired) electrons. The third-order valence-electron chi connectivity index (χ3n) is 3.65. The molecule has 2 aromatic carbocycles. The van der Waals surface area contributed by atoms with Crippen molar-refractivity contribution in [2.45, 2.75) is 39.4 Å². The van der Waals surface area contributed by atoms with Crippen LogP contribution >= 0.6 is 0 Å². The van der Waals surface area contributed by atoms with Gasteiger partial charge in [-0.1, -0.05) is 6.92 Å². The van der Waals surface area contributed by atoms with Gasteiger partial charge in [0, 0.05) is 0 Å². The Morgan fingerprint density at radius 1 is 1.15 bits per heavy atom. The molecule has 0 aliphatic rings. The molecule has 2 aromatic rings. The highest BCUT2D eigenvalue weighted by Crippen LogP contribution is 2.27. The first-order valence-corrected chi connectivity index (χ1v) is 8.27. The van der Waals surface area contributed by atoms with Gasteiger partial charge < -0.3 is 14.2 Å². The smallest absolute Gasteiger partial charge is 0.347 e. The molecule has 6 heteroatoms. The van der Waals surface area contributed by atoms with Crippen LogP contribution < -0.4 is 9.47 Å². The van der Waals surface area contributed by atoms with Crippen LogP contribution in [0.2, 0.25) is 0 Å². The van der Waals surface area contributed by atoms with Gasteiger partial charge in [0.2, 0.25) is 0 Å². The molecule has 0 fully saturated rings. The predicted molar refractivity (Wildman–Crippen MR) is 93.6 cm³/mol. The molecule has 0 N–H and O–H groups in total. The molecule has 0 aliphatic carbocycles. The summed E-state index contributed by atoms with van der Waals surface area (Å²) >= 11 is 0. The molecule has 0 spiro atoms. The summed E-state index contributed by atoms with van der Waals surface area (Å²) in [4.78, 5) is 11.9. The fraction of sp³-hybridized carbons (Fsp3) is 0.300. The molecule has 0 aromatic heterocycles. The Labute approximate surface area is 151 Å². The van der Waals surface area contributed by atoms with Crippen LogP contribution in [-0.2, 0) is 9.53 Å². The second-order valence-corrected chi connectivity index (χ2v) is 5.75. The van der Waals surface area contributed by atoms with E-state index in [4.69, 9.17) is 19.5 Å². The highest BCUT2D eigenvalue weighted by Gasteiger charge is 2.18. The van der Waals surface area contributed by atoms with Gasteiger partial charge in [0.05, 0.1) is 17.7 Å². The molecule has 1 unspecified atom stereocenters. The Kier molecular flexibility index (Phi) is 6.56. The zero-order valence-corrected chi connectivity index (χ0v) is 14.9. The Bertz CT molecular complexity index is 798. The maximum absolute atomic E-state index is 13.8. The Morgan fingerprint density at radius 2 is 1.81 bits per heavy atom. The average Bonchev–Trinajstić information content (AvgIpc) is 2.64. The van der Waals surface area contributed by atoms with Crippen LogP contribution in [0.25, 0.3) is 0 Å². The molecule has 0 saturated carbocycles. The summed E-state index contributed by atoms with van der Waals surface area (Å²) in [5.74, 6) is -0.171. The monoisotopic (exact) mass is 357 g/mol. The minimum Gasteiger partial charge on any atom is -0.479 e. The SMILES string of the molecule is CC[C@@H](C)OC(=O)C(C)Oc1ccc(Oc2ccc(C#N)cc2F)cc1. The number of halogens is 1. The van der Waals surface area contributed by atoms with Crippen LogP contribution in [0.15, 0.2) is 42.5 Å². The first-order chi connectivity index (χ1) is 12.4. The Hall–Kier alpha value is -3.07. The lowest BCUT2D eigenvalue weighted by atomic mass is 10.2. The number of carbonyl (C=O) groups excluding carboxylic acids is 1. The van der Waals surface area contributed by atoms with E-state index in [0.717, 1.165) is 12.5 Å². The van der Waals surface area contributed by atoms with E-state index >= 15 is 0 Å². The van der Waals surface area contributed by atoms with Crippen molar-refractivity contribution in [3.05, 3.63) is 53.8 Å². The second kappa shape index (κ2) is 8.86. The molecule has 0 heterocycles. The van der Waals surface area contributed by atoms with Crippen molar-refractivity contribution in [1.29, 1.82) is 5.26 Å². The molecule has 0 amide bonds. The lowest BCUT2D eigenvalue weighted by Gasteiger charge is -2.17. The standard InChI is InChI=1S/C20H20FNO4/c1-4-13(2)24-20(23)14(3)25-16-6-8-17(9-7-16)26-19-10-5-15(12-22)11-18(19)21/h5-11,13-14H,4H2,1-3H3/t13-,14?/m1/s1. The van der Waals surface area contributed by atoms with E-state index in [0.29, 0.717) is 11.5 Å². The summed E-state index contributed by atoms with van der Waals surface area (Å²) in [6, 6.07) is 12.3. The number of nitriles is 1. The van der Waals surface area contributed by atoms with E-state index in [1.807, 2.05) is 19.9 Å². The van der Waals surface area contributed by atoms with Gasteiger partial charge in [-0.3, -0.25) is 0 Å². The van der Waals surface area contributed by atoms with Crippen LogP contribution in [-0.4, -0.2) is 18.2 Å². The zero-order chi connectivity index (χ0) is 19.1. The maximum Gasteiger partial charge on any atom is 0.347 e. The van der Waals surface area contributed by atoms with Crippen LogP contribution in [0.1, 0.15) is 32.8 Å². The van der Waals surface area contributed by atoms with Crippen LogP contribution in [0.3, 0.4) is 0 Å². The largest absolute Gasteiger partial charge is 0.479 e. The van der Waals surface area contributed by atoms with E-state index in [1.165, 1.54) is 12.1 Å². The van der Waals surface area contributed by atoms with Gasteiger partial charge in [-0.25, -0.2) is 9.18 Å². The zero-order valence-electron chi connectivity index (χ0n) is 14.9. The third-order valence-corrected chi connectivity index (χ3v) is 3.65. The fourth-order valence-corrected chi connectivity index (χ4v) is 2.00. The van der Waals surface area contributed by atoms with Gasteiger partial charge in [0.25, 0.3) is 0 Å². The number of benzene rings is 2. The summed E-state index contributed by atoms with van der Waals surface area (Å²) in [6.45, 7) is 5.36. The minimum atomic E-state index is -0.744. The van der Waals surface area contributed by atoms with E-state index in [2.05, 4.69) is 0 Å². The molecule has 2 rings (SSSR count). The number of nitrogens with zero attached hydrogens (tertiary/aromatic N) is 1. The van der Waals surface area contributed by atoms with E-state index in [-0.39, 0.29) is 17.4 Å². The first kappa shape index (κ1) is 19.3. The molecule has 5 nitrogen and oxygen atoms in total. The molecule has 0 saturated heterocycles. The van der Waals surface area contributed by atoms with E-state index in [9.17, 15) is 9.18 Å². The number of rotatable bonds is 7. The predicted octanol–water partition coefficient (Wildman–Crippen LogP) is 4.60. The topological polar surface area (TPSA) is 68.6 Å². The van der Waals surface area contributed by atoms with Crippen LogP contribution in [0.4, 0.5) is 4.39 Å². The normalized spacial score (nSPS) is 12.6. The Morgan fingerprint density at radius 3 is 2.38 bits per heavy atom. The van der Waals surface area contributed by atoms with Crippen molar-refractivity contribution in [3.63, 3.8) is 0 Å². The summed E-state index contributed by atoms with van der Waals surface area (Å²) in [5, 5.41) is 8.74. The van der Waals surface area contributed by atoms with Gasteiger partial charge in [-0.15, -0.1) is 0 Å². The van der Waals surface area contributed by atoms with Crippen molar-refractivity contribution < 1.29 is 23.4 Å². The lowest BCUT2D eigenvalue weighted by Crippen LogP contribution is -2.28. The van der Waals surface area contributed by atoms with Crippen LogP contribution in [0.5, 0.6) is 17.2 Å². The molecule has 0 bridgehead atoms. The van der Waals surface area contributed by atoms with Crippen molar-refractivity contribution in [2.75, 3.05) is 0 Å². The van der Waals surface area contributed by atoms with Crippen LogP contribution in [0, 0.1) is 17.1 Å². The van der Waals surface area contributed by atoms with Crippen molar-refractivity contribution >= 4 is 5.97 Å². The molecule has 2 atom stereocenters. The number of esters is 1. The van der Waals surface area contributed by atoms with Gasteiger partial charge in [0.15, 0.2) is 17.7 Å². The van der Waals surface area contributed by atoms with Gasteiger partial charge >= 0.3 is 5.97 Å². The average molecular weight is 357 g/mol. The van der Waals surface area contributed by atoms with E-state index < -0.39 is 17.9 Å². The molecular weight excluding hydrogens is 337 g/mol. The molecular formula is C20H20FNO4. The molecule has 26 heavy (non-hydrogen) atoms. The van der Waals surface area contributed by atoms with Gasteiger partial charge in [-0.05, 0) is 62.7 Å². The molecule has 0 aliphatic heterocycles. The highest BCUT2D eigenvalue weighted by atomic mass is 19.1. The quantitative estimate of drug-likeness (QED) is 0.678. The highest BCUT2D eigenvalue weighted by molar-refractivity contribution is 5.74. The van der Waals surface area contributed by atoms with Gasteiger partial charge in [-0.2, -0.15) is 5.26 Å². The summed E-state index contributed by atoms with van der Waals surface area (Å²) in [7, 11) is 0. The van der Waals surface area contributed by atoms with E-state index in [1.54, 1.807) is 31.2 Å². The Balaban J connectivity index is 1.98. The third kappa shape index (κ3) is 5.21. The van der Waals surface area contributed by atoms with Crippen molar-refractivity contribution in [2.24, 2.45) is 0 Å². The minimum absolute atomic E-state index is 0.0168. The number of ether oxygens (including phenoxy) is 3. The molecule has 136 valence electrons.